The standard InChI is InChI=1S/C17H28O3/c1-11(2)10-16-8-6-14-12(3)4-5-13-7-9-18-15(19-16)17(13,14)20-16/h11-15H,4-10H2,1-3H3/t12-,13+,14+,15-,16+,17+/m1/s1. The Labute approximate surface area is 122 Å². The summed E-state index contributed by atoms with van der Waals surface area (Å²) in [5.74, 6) is 2.28. The molecule has 3 heterocycles. The molecule has 4 aliphatic rings. The molecule has 0 aromatic rings. The highest BCUT2D eigenvalue weighted by Crippen LogP contribution is 2.62. The highest BCUT2D eigenvalue weighted by molar-refractivity contribution is 5.11. The minimum atomic E-state index is -0.352. The van der Waals surface area contributed by atoms with Gasteiger partial charge in [0.05, 0.1) is 6.61 Å². The first-order chi connectivity index (χ1) is 9.56. The van der Waals surface area contributed by atoms with Gasteiger partial charge in [-0.05, 0) is 49.4 Å². The van der Waals surface area contributed by atoms with Crippen molar-refractivity contribution >= 4 is 0 Å². The summed E-state index contributed by atoms with van der Waals surface area (Å²) in [7, 11) is 0. The second-order valence-electron chi connectivity index (χ2n) is 7.97. The average molecular weight is 280 g/mol. The fraction of sp³-hybridized carbons (Fsp3) is 1.00. The summed E-state index contributed by atoms with van der Waals surface area (Å²) in [5.41, 5.74) is -0.122. The largest absolute Gasteiger partial charge is 0.350 e. The molecule has 0 aromatic carbocycles. The van der Waals surface area contributed by atoms with Crippen LogP contribution in [0.5, 0.6) is 0 Å². The monoisotopic (exact) mass is 280 g/mol. The number of ether oxygens (including phenoxy) is 3. The molecule has 114 valence electrons. The summed E-state index contributed by atoms with van der Waals surface area (Å²) >= 11 is 0. The van der Waals surface area contributed by atoms with E-state index in [1.807, 2.05) is 0 Å². The number of hydrogen-bond donors (Lipinski definition) is 0. The van der Waals surface area contributed by atoms with Crippen molar-refractivity contribution in [2.45, 2.75) is 77.0 Å². The third kappa shape index (κ3) is 1.69. The first kappa shape index (κ1) is 13.5. The van der Waals surface area contributed by atoms with E-state index in [4.69, 9.17) is 14.2 Å². The molecule has 0 unspecified atom stereocenters. The minimum Gasteiger partial charge on any atom is -0.350 e. The van der Waals surface area contributed by atoms with Gasteiger partial charge < -0.3 is 14.2 Å². The lowest BCUT2D eigenvalue weighted by Gasteiger charge is -2.55. The Morgan fingerprint density at radius 2 is 2.00 bits per heavy atom. The maximum atomic E-state index is 6.78. The van der Waals surface area contributed by atoms with Gasteiger partial charge in [0, 0.05) is 12.8 Å². The second kappa shape index (κ2) is 4.44. The molecule has 6 atom stereocenters. The van der Waals surface area contributed by atoms with Crippen LogP contribution in [0, 0.1) is 23.7 Å². The Bertz CT molecular complexity index is 396. The second-order valence-corrected chi connectivity index (χ2v) is 7.97. The Balaban J connectivity index is 1.72. The van der Waals surface area contributed by atoms with Crippen molar-refractivity contribution in [3.8, 4) is 0 Å². The van der Waals surface area contributed by atoms with Crippen LogP contribution >= 0.6 is 0 Å². The van der Waals surface area contributed by atoms with Crippen molar-refractivity contribution in [3.05, 3.63) is 0 Å². The van der Waals surface area contributed by atoms with Crippen LogP contribution in [0.1, 0.15) is 59.3 Å². The molecule has 4 fully saturated rings. The minimum absolute atomic E-state index is 0.102. The van der Waals surface area contributed by atoms with Crippen LogP contribution in [0.4, 0.5) is 0 Å². The molecule has 20 heavy (non-hydrogen) atoms. The van der Waals surface area contributed by atoms with Crippen LogP contribution in [-0.4, -0.2) is 24.3 Å². The summed E-state index contributed by atoms with van der Waals surface area (Å²) < 4.78 is 19.2. The number of hydrogen-bond acceptors (Lipinski definition) is 3. The third-order valence-electron chi connectivity index (χ3n) is 6.22. The van der Waals surface area contributed by atoms with E-state index in [-0.39, 0.29) is 17.7 Å². The van der Waals surface area contributed by atoms with Gasteiger partial charge in [-0.3, -0.25) is 0 Å². The Morgan fingerprint density at radius 3 is 2.80 bits per heavy atom. The smallest absolute Gasteiger partial charge is 0.190 e. The fourth-order valence-electron chi connectivity index (χ4n) is 5.51. The van der Waals surface area contributed by atoms with Crippen LogP contribution in [0.15, 0.2) is 0 Å². The fourth-order valence-corrected chi connectivity index (χ4v) is 5.51. The number of fused-ring (bicyclic) bond motifs is 1. The Hall–Kier alpha value is -0.120. The Morgan fingerprint density at radius 1 is 1.15 bits per heavy atom. The van der Waals surface area contributed by atoms with Crippen LogP contribution in [0.25, 0.3) is 0 Å². The van der Waals surface area contributed by atoms with E-state index in [1.165, 1.54) is 19.3 Å². The molecular weight excluding hydrogens is 252 g/mol. The van der Waals surface area contributed by atoms with Crippen molar-refractivity contribution < 1.29 is 14.2 Å². The van der Waals surface area contributed by atoms with Gasteiger partial charge >= 0.3 is 0 Å². The SMILES string of the molecule is CC(C)C[C@@]12CC[C@H]3[C@H](C)CC[C@H]4CCO[C@H](O1)[C@]43O2. The molecule has 0 N–H and O–H groups in total. The summed E-state index contributed by atoms with van der Waals surface area (Å²) in [4.78, 5) is 0. The molecule has 2 bridgehead atoms. The van der Waals surface area contributed by atoms with Crippen LogP contribution in [0.3, 0.4) is 0 Å². The molecule has 1 saturated carbocycles. The van der Waals surface area contributed by atoms with Crippen molar-refractivity contribution in [3.63, 3.8) is 0 Å². The Kier molecular flexibility index (Phi) is 3.00. The van der Waals surface area contributed by atoms with Crippen LogP contribution < -0.4 is 0 Å². The molecule has 4 rings (SSSR count). The summed E-state index contributed by atoms with van der Waals surface area (Å²) in [6.07, 6.45) is 7.00. The summed E-state index contributed by atoms with van der Waals surface area (Å²) in [6.45, 7) is 7.77. The highest BCUT2D eigenvalue weighted by Gasteiger charge is 2.69. The molecule has 3 aliphatic heterocycles. The van der Waals surface area contributed by atoms with Gasteiger partial charge in [-0.25, -0.2) is 0 Å². The van der Waals surface area contributed by atoms with Gasteiger partial charge in [-0.2, -0.15) is 0 Å². The predicted octanol–water partition coefficient (Wildman–Crippen LogP) is 3.72. The van der Waals surface area contributed by atoms with Crippen LogP contribution in [0.2, 0.25) is 0 Å². The van der Waals surface area contributed by atoms with Gasteiger partial charge in [0.25, 0.3) is 0 Å². The molecule has 0 radical (unpaired) electrons. The summed E-state index contributed by atoms with van der Waals surface area (Å²) in [5, 5.41) is 0. The van der Waals surface area contributed by atoms with E-state index in [1.54, 1.807) is 0 Å². The van der Waals surface area contributed by atoms with Gasteiger partial charge in [0.1, 0.15) is 5.60 Å². The summed E-state index contributed by atoms with van der Waals surface area (Å²) in [6, 6.07) is 0. The highest BCUT2D eigenvalue weighted by atomic mass is 16.8. The molecule has 0 amide bonds. The van der Waals surface area contributed by atoms with Gasteiger partial charge in [0.15, 0.2) is 12.1 Å². The number of rotatable bonds is 2. The molecule has 3 saturated heterocycles. The van der Waals surface area contributed by atoms with Crippen molar-refractivity contribution in [1.29, 1.82) is 0 Å². The zero-order chi connectivity index (χ0) is 14.0. The van der Waals surface area contributed by atoms with E-state index in [2.05, 4.69) is 20.8 Å². The van der Waals surface area contributed by atoms with E-state index < -0.39 is 0 Å². The zero-order valence-corrected chi connectivity index (χ0v) is 13.1. The van der Waals surface area contributed by atoms with Crippen molar-refractivity contribution in [1.82, 2.24) is 0 Å². The maximum Gasteiger partial charge on any atom is 0.190 e. The predicted molar refractivity (Wildman–Crippen MR) is 76.1 cm³/mol. The lowest BCUT2D eigenvalue weighted by Crippen LogP contribution is -2.62. The molecule has 3 heteroatoms. The zero-order valence-electron chi connectivity index (χ0n) is 13.1. The topological polar surface area (TPSA) is 27.7 Å². The van der Waals surface area contributed by atoms with Gasteiger partial charge in [-0.1, -0.05) is 20.8 Å². The first-order valence-corrected chi connectivity index (χ1v) is 8.55. The van der Waals surface area contributed by atoms with Crippen molar-refractivity contribution in [2.24, 2.45) is 23.7 Å². The lowest BCUT2D eigenvalue weighted by molar-refractivity contribution is -0.266. The van der Waals surface area contributed by atoms with Gasteiger partial charge in [-0.15, -0.1) is 0 Å². The molecule has 1 aliphatic carbocycles. The molecule has 1 spiro atoms. The normalized spacial score (nSPS) is 54.0. The van der Waals surface area contributed by atoms with E-state index in [0.717, 1.165) is 31.8 Å². The van der Waals surface area contributed by atoms with Gasteiger partial charge in [0.2, 0.25) is 0 Å². The van der Waals surface area contributed by atoms with E-state index >= 15 is 0 Å². The third-order valence-corrected chi connectivity index (χ3v) is 6.22. The maximum absolute atomic E-state index is 6.78. The average Bonchev–Trinajstić information content (AvgIpc) is 2.63. The van der Waals surface area contributed by atoms with Crippen LogP contribution in [-0.2, 0) is 14.2 Å². The first-order valence-electron chi connectivity index (χ1n) is 8.55. The molecular formula is C17H28O3. The molecule has 0 aromatic heterocycles. The molecule has 3 nitrogen and oxygen atoms in total. The van der Waals surface area contributed by atoms with Crippen molar-refractivity contribution in [2.75, 3.05) is 6.61 Å². The quantitative estimate of drug-likeness (QED) is 0.771. The lowest BCUT2D eigenvalue weighted by atomic mass is 9.59. The van der Waals surface area contributed by atoms with E-state index in [9.17, 15) is 0 Å². The van der Waals surface area contributed by atoms with E-state index in [0.29, 0.717) is 17.8 Å².